The van der Waals surface area contributed by atoms with Crippen LogP contribution in [0.15, 0.2) is 0 Å². The molecular weight excluding hydrogens is 174 g/mol. The second kappa shape index (κ2) is 4.43. The maximum absolute atomic E-state index is 11.9. The fourth-order valence-corrected chi connectivity index (χ4v) is 2.51. The first-order valence-electron chi connectivity index (χ1n) is 6.05. The minimum atomic E-state index is 0.171. The Balaban J connectivity index is 1.75. The monoisotopic (exact) mass is 195 g/mol. The zero-order chi connectivity index (χ0) is 9.97. The number of carbonyl (C=O) groups excluding carboxylic acids is 1. The van der Waals surface area contributed by atoms with Crippen molar-refractivity contribution in [3.8, 4) is 0 Å². The van der Waals surface area contributed by atoms with Crippen molar-refractivity contribution in [1.82, 2.24) is 0 Å². The lowest BCUT2D eigenvalue weighted by atomic mass is 9.84. The minimum absolute atomic E-state index is 0.171. The predicted molar refractivity (Wildman–Crippen MR) is 56.9 cm³/mol. The highest BCUT2D eigenvalue weighted by Crippen LogP contribution is 2.34. The molecule has 0 radical (unpaired) electrons. The van der Waals surface area contributed by atoms with Gasteiger partial charge in [0.15, 0.2) is 0 Å². The van der Waals surface area contributed by atoms with Crippen LogP contribution < -0.4 is 5.73 Å². The first-order valence-corrected chi connectivity index (χ1v) is 6.05. The molecule has 0 saturated heterocycles. The Labute approximate surface area is 86.2 Å². The summed E-state index contributed by atoms with van der Waals surface area (Å²) in [4.78, 5) is 11.9. The molecule has 2 N–H and O–H groups in total. The van der Waals surface area contributed by atoms with Crippen LogP contribution in [0.5, 0.6) is 0 Å². The van der Waals surface area contributed by atoms with Gasteiger partial charge in [-0.25, -0.2) is 0 Å². The van der Waals surface area contributed by atoms with Gasteiger partial charge in [0.05, 0.1) is 0 Å². The van der Waals surface area contributed by atoms with Gasteiger partial charge in [0, 0.05) is 18.4 Å². The lowest BCUT2D eigenvalue weighted by Crippen LogP contribution is -2.29. The molecule has 2 heteroatoms. The van der Waals surface area contributed by atoms with Gasteiger partial charge in [-0.3, -0.25) is 4.79 Å². The Morgan fingerprint density at radius 3 is 2.36 bits per heavy atom. The maximum atomic E-state index is 11.9. The highest BCUT2D eigenvalue weighted by atomic mass is 16.1. The standard InChI is InChI=1S/C12H21NO/c13-11(9-6-7-9)8-12(14)10-4-2-1-3-5-10/h9-11H,1-8,13H2. The molecule has 2 nitrogen and oxygen atoms in total. The normalized spacial score (nSPS) is 26.1. The molecule has 80 valence electrons. The van der Waals surface area contributed by atoms with E-state index in [1.54, 1.807) is 0 Å². The summed E-state index contributed by atoms with van der Waals surface area (Å²) in [6.07, 6.45) is 9.20. The molecule has 0 heterocycles. The molecule has 2 aliphatic rings. The maximum Gasteiger partial charge on any atom is 0.137 e. The highest BCUT2D eigenvalue weighted by Gasteiger charge is 2.31. The Morgan fingerprint density at radius 2 is 1.79 bits per heavy atom. The molecule has 1 unspecified atom stereocenters. The van der Waals surface area contributed by atoms with Gasteiger partial charge in [0.2, 0.25) is 0 Å². The van der Waals surface area contributed by atoms with Gasteiger partial charge < -0.3 is 5.73 Å². The van der Waals surface area contributed by atoms with Gasteiger partial charge in [-0.2, -0.15) is 0 Å². The average molecular weight is 195 g/mol. The Bertz CT molecular complexity index is 204. The zero-order valence-electron chi connectivity index (χ0n) is 8.87. The molecule has 2 aliphatic carbocycles. The second-order valence-electron chi connectivity index (χ2n) is 5.01. The van der Waals surface area contributed by atoms with E-state index in [0.29, 0.717) is 24.0 Å². The van der Waals surface area contributed by atoms with Gasteiger partial charge >= 0.3 is 0 Å². The van der Waals surface area contributed by atoms with E-state index < -0.39 is 0 Å². The van der Waals surface area contributed by atoms with Crippen molar-refractivity contribution < 1.29 is 4.79 Å². The molecule has 14 heavy (non-hydrogen) atoms. The summed E-state index contributed by atoms with van der Waals surface area (Å²) < 4.78 is 0. The van der Waals surface area contributed by atoms with Crippen LogP contribution in [0.2, 0.25) is 0 Å². The van der Waals surface area contributed by atoms with Crippen LogP contribution in [0.25, 0.3) is 0 Å². The van der Waals surface area contributed by atoms with Crippen LogP contribution in [0.1, 0.15) is 51.4 Å². The van der Waals surface area contributed by atoms with Crippen LogP contribution in [-0.4, -0.2) is 11.8 Å². The molecule has 2 saturated carbocycles. The Morgan fingerprint density at radius 1 is 1.14 bits per heavy atom. The molecular formula is C12H21NO. The summed E-state index contributed by atoms with van der Waals surface area (Å²) >= 11 is 0. The van der Waals surface area contributed by atoms with Crippen LogP contribution in [0.3, 0.4) is 0 Å². The Hall–Kier alpha value is -0.370. The molecule has 0 aromatic carbocycles. The number of carbonyl (C=O) groups is 1. The first kappa shape index (κ1) is 10.2. The number of hydrogen-bond acceptors (Lipinski definition) is 2. The lowest BCUT2D eigenvalue weighted by Gasteiger charge is -2.21. The predicted octanol–water partition coefficient (Wildman–Crippen LogP) is 2.26. The number of hydrogen-bond donors (Lipinski definition) is 1. The molecule has 0 aromatic heterocycles. The summed E-state index contributed by atoms with van der Waals surface area (Å²) in [6.45, 7) is 0. The van der Waals surface area contributed by atoms with Crippen LogP contribution in [0, 0.1) is 11.8 Å². The number of ketones is 1. The number of nitrogens with two attached hydrogens (primary N) is 1. The highest BCUT2D eigenvalue weighted by molar-refractivity contribution is 5.81. The second-order valence-corrected chi connectivity index (χ2v) is 5.01. The molecule has 0 aromatic rings. The van der Waals surface area contributed by atoms with Crippen molar-refractivity contribution >= 4 is 5.78 Å². The Kier molecular flexibility index (Phi) is 3.22. The quantitative estimate of drug-likeness (QED) is 0.747. The van der Waals surface area contributed by atoms with Crippen LogP contribution in [0.4, 0.5) is 0 Å². The van der Waals surface area contributed by atoms with Crippen molar-refractivity contribution in [3.05, 3.63) is 0 Å². The van der Waals surface area contributed by atoms with E-state index in [1.165, 1.54) is 32.1 Å². The minimum Gasteiger partial charge on any atom is -0.327 e. The zero-order valence-corrected chi connectivity index (χ0v) is 8.87. The third kappa shape index (κ3) is 2.57. The van der Waals surface area contributed by atoms with Gasteiger partial charge in [-0.15, -0.1) is 0 Å². The average Bonchev–Trinajstić information content (AvgIpc) is 3.02. The van der Waals surface area contributed by atoms with E-state index in [-0.39, 0.29) is 6.04 Å². The van der Waals surface area contributed by atoms with Gasteiger partial charge in [0.25, 0.3) is 0 Å². The SMILES string of the molecule is NC(CC(=O)C1CCCCC1)C1CC1. The first-order chi connectivity index (χ1) is 6.77. The van der Waals surface area contributed by atoms with Gasteiger partial charge in [-0.1, -0.05) is 19.3 Å². The van der Waals surface area contributed by atoms with E-state index in [4.69, 9.17) is 5.73 Å². The molecule has 2 rings (SSSR count). The summed E-state index contributed by atoms with van der Waals surface area (Å²) in [6, 6.07) is 0.171. The molecule has 0 aliphatic heterocycles. The van der Waals surface area contributed by atoms with E-state index in [1.807, 2.05) is 0 Å². The third-order valence-electron chi connectivity index (χ3n) is 3.72. The summed E-state index contributed by atoms with van der Waals surface area (Å²) in [5.74, 6) is 1.47. The molecule has 0 bridgehead atoms. The van der Waals surface area contributed by atoms with Gasteiger partial charge in [0.1, 0.15) is 5.78 Å². The molecule has 0 amide bonds. The van der Waals surface area contributed by atoms with Crippen molar-refractivity contribution in [1.29, 1.82) is 0 Å². The summed E-state index contributed by atoms with van der Waals surface area (Å²) in [7, 11) is 0. The van der Waals surface area contributed by atoms with Crippen molar-refractivity contribution in [3.63, 3.8) is 0 Å². The van der Waals surface area contributed by atoms with E-state index in [0.717, 1.165) is 12.8 Å². The van der Waals surface area contributed by atoms with Crippen LogP contribution >= 0.6 is 0 Å². The summed E-state index contributed by atoms with van der Waals surface area (Å²) in [5.41, 5.74) is 5.97. The topological polar surface area (TPSA) is 43.1 Å². The molecule has 0 spiro atoms. The molecule has 2 fully saturated rings. The summed E-state index contributed by atoms with van der Waals surface area (Å²) in [5, 5.41) is 0. The number of rotatable bonds is 4. The van der Waals surface area contributed by atoms with Gasteiger partial charge in [-0.05, 0) is 31.6 Å². The van der Waals surface area contributed by atoms with E-state index >= 15 is 0 Å². The van der Waals surface area contributed by atoms with Crippen molar-refractivity contribution in [2.45, 2.75) is 57.4 Å². The van der Waals surface area contributed by atoms with Crippen molar-refractivity contribution in [2.75, 3.05) is 0 Å². The smallest absolute Gasteiger partial charge is 0.137 e. The third-order valence-corrected chi connectivity index (χ3v) is 3.72. The van der Waals surface area contributed by atoms with E-state index in [2.05, 4.69) is 0 Å². The fraction of sp³-hybridized carbons (Fsp3) is 0.917. The van der Waals surface area contributed by atoms with Crippen molar-refractivity contribution in [2.24, 2.45) is 17.6 Å². The fourth-order valence-electron chi connectivity index (χ4n) is 2.51. The van der Waals surface area contributed by atoms with Crippen LogP contribution in [-0.2, 0) is 4.79 Å². The largest absolute Gasteiger partial charge is 0.327 e. The lowest BCUT2D eigenvalue weighted by molar-refractivity contribution is -0.124. The van der Waals surface area contributed by atoms with E-state index in [9.17, 15) is 4.79 Å². The number of Topliss-reactive ketones (excluding diaryl/α,β-unsaturated/α-hetero) is 1. The molecule has 1 atom stereocenters.